The Labute approximate surface area is 81.1 Å². The molecule has 4 nitrogen and oxygen atoms in total. The van der Waals surface area contributed by atoms with E-state index in [4.69, 9.17) is 14.6 Å². The third-order valence-electron chi connectivity index (χ3n) is 2.03. The fourth-order valence-electron chi connectivity index (χ4n) is 1.32. The van der Waals surface area contributed by atoms with Crippen LogP contribution >= 0.6 is 0 Å². The lowest BCUT2D eigenvalue weighted by Gasteiger charge is -2.08. The van der Waals surface area contributed by atoms with E-state index < -0.39 is 18.4 Å². The summed E-state index contributed by atoms with van der Waals surface area (Å²) in [5.41, 5.74) is 0.844. The van der Waals surface area contributed by atoms with Crippen molar-refractivity contribution >= 4 is 5.97 Å². The van der Waals surface area contributed by atoms with E-state index in [-0.39, 0.29) is 6.61 Å². The molecule has 1 aliphatic rings. The van der Waals surface area contributed by atoms with Gasteiger partial charge in [0.05, 0.1) is 6.61 Å². The van der Waals surface area contributed by atoms with Gasteiger partial charge in [0.1, 0.15) is 0 Å². The van der Waals surface area contributed by atoms with Crippen LogP contribution in [0.5, 0.6) is 0 Å². The summed E-state index contributed by atoms with van der Waals surface area (Å²) in [5.74, 6) is -0.983. The monoisotopic (exact) mass is 194 g/mol. The Morgan fingerprint density at radius 1 is 1.36 bits per heavy atom. The summed E-state index contributed by atoms with van der Waals surface area (Å²) < 4.78 is 10.4. The highest BCUT2D eigenvalue weighted by atomic mass is 16.7. The van der Waals surface area contributed by atoms with E-state index in [9.17, 15) is 4.79 Å². The summed E-state index contributed by atoms with van der Waals surface area (Å²) >= 11 is 0. The number of carboxylic acids is 1. The SMILES string of the molecule is O=C(O)[C@H]1COC(c2ccccc2)O1. The van der Waals surface area contributed by atoms with Gasteiger partial charge in [0, 0.05) is 5.56 Å². The highest BCUT2D eigenvalue weighted by molar-refractivity contribution is 5.72. The minimum absolute atomic E-state index is 0.106. The zero-order valence-electron chi connectivity index (χ0n) is 7.42. The lowest BCUT2D eigenvalue weighted by molar-refractivity contribution is -0.150. The molecular weight excluding hydrogens is 184 g/mol. The number of benzene rings is 1. The molecule has 0 spiro atoms. The lowest BCUT2D eigenvalue weighted by Crippen LogP contribution is -2.21. The smallest absolute Gasteiger partial charge is 0.335 e. The highest BCUT2D eigenvalue weighted by Crippen LogP contribution is 2.26. The molecule has 0 radical (unpaired) electrons. The summed E-state index contributed by atoms with van der Waals surface area (Å²) in [7, 11) is 0. The van der Waals surface area contributed by atoms with Gasteiger partial charge < -0.3 is 14.6 Å². The normalized spacial score (nSPS) is 26.3. The van der Waals surface area contributed by atoms with Crippen LogP contribution < -0.4 is 0 Å². The van der Waals surface area contributed by atoms with E-state index in [1.54, 1.807) is 0 Å². The predicted octanol–water partition coefficient (Wildman–Crippen LogP) is 1.19. The Balaban J connectivity index is 2.06. The van der Waals surface area contributed by atoms with Crippen LogP contribution in [0.1, 0.15) is 11.9 Å². The quantitative estimate of drug-likeness (QED) is 0.768. The molecule has 2 rings (SSSR count). The van der Waals surface area contributed by atoms with Gasteiger partial charge in [-0.05, 0) is 0 Å². The number of hydrogen-bond donors (Lipinski definition) is 1. The van der Waals surface area contributed by atoms with Gasteiger partial charge in [0.15, 0.2) is 12.4 Å². The molecule has 0 saturated carbocycles. The average Bonchev–Trinajstić information content (AvgIpc) is 2.68. The third-order valence-corrected chi connectivity index (χ3v) is 2.03. The molecule has 74 valence electrons. The first-order valence-corrected chi connectivity index (χ1v) is 4.32. The molecule has 1 aromatic carbocycles. The summed E-state index contributed by atoms with van der Waals surface area (Å²) in [6.07, 6.45) is -1.39. The van der Waals surface area contributed by atoms with Gasteiger partial charge >= 0.3 is 5.97 Å². The average molecular weight is 194 g/mol. The van der Waals surface area contributed by atoms with Crippen LogP contribution in [0, 0.1) is 0 Å². The summed E-state index contributed by atoms with van der Waals surface area (Å²) in [6.45, 7) is 0.106. The molecule has 0 aliphatic carbocycles. The molecule has 1 unspecified atom stereocenters. The molecule has 1 N–H and O–H groups in total. The molecular formula is C10H10O4. The van der Waals surface area contributed by atoms with Gasteiger partial charge in [-0.2, -0.15) is 0 Å². The molecule has 1 aliphatic heterocycles. The summed E-state index contributed by atoms with van der Waals surface area (Å²) in [4.78, 5) is 10.6. The van der Waals surface area contributed by atoms with Gasteiger partial charge in [0.2, 0.25) is 0 Å². The van der Waals surface area contributed by atoms with Crippen LogP contribution in [0.25, 0.3) is 0 Å². The maximum Gasteiger partial charge on any atom is 0.335 e. The van der Waals surface area contributed by atoms with Crippen molar-refractivity contribution < 1.29 is 19.4 Å². The molecule has 2 atom stereocenters. The van der Waals surface area contributed by atoms with Crippen molar-refractivity contribution in [3.8, 4) is 0 Å². The van der Waals surface area contributed by atoms with E-state index in [1.807, 2.05) is 30.3 Å². The topological polar surface area (TPSA) is 55.8 Å². The largest absolute Gasteiger partial charge is 0.479 e. The molecule has 4 heteroatoms. The number of hydrogen-bond acceptors (Lipinski definition) is 3. The fraction of sp³-hybridized carbons (Fsp3) is 0.300. The second kappa shape index (κ2) is 3.77. The fourth-order valence-corrected chi connectivity index (χ4v) is 1.32. The van der Waals surface area contributed by atoms with Crippen molar-refractivity contribution in [3.63, 3.8) is 0 Å². The standard InChI is InChI=1S/C10H10O4/c11-9(12)8-6-13-10(14-8)7-4-2-1-3-5-7/h1-5,8,10H,6H2,(H,11,12)/t8-,10?/m1/s1. The van der Waals surface area contributed by atoms with E-state index in [0.29, 0.717) is 0 Å². The summed E-state index contributed by atoms with van der Waals surface area (Å²) in [5, 5.41) is 8.67. The molecule has 0 amide bonds. The molecule has 0 aromatic heterocycles. The number of rotatable bonds is 2. The number of ether oxygens (including phenoxy) is 2. The van der Waals surface area contributed by atoms with Crippen molar-refractivity contribution in [2.45, 2.75) is 12.4 Å². The van der Waals surface area contributed by atoms with Gasteiger partial charge in [-0.1, -0.05) is 30.3 Å². The van der Waals surface area contributed by atoms with Crippen LogP contribution in [0.3, 0.4) is 0 Å². The first-order chi connectivity index (χ1) is 6.77. The Kier molecular flexibility index (Phi) is 2.47. The first-order valence-electron chi connectivity index (χ1n) is 4.32. The van der Waals surface area contributed by atoms with E-state index in [2.05, 4.69) is 0 Å². The van der Waals surface area contributed by atoms with Gasteiger partial charge in [-0.25, -0.2) is 4.79 Å². The van der Waals surface area contributed by atoms with Gasteiger partial charge in [-0.3, -0.25) is 0 Å². The van der Waals surface area contributed by atoms with Gasteiger partial charge in [0.25, 0.3) is 0 Å². The van der Waals surface area contributed by atoms with Crippen LogP contribution in [-0.2, 0) is 14.3 Å². The van der Waals surface area contributed by atoms with Crippen LogP contribution in [0.15, 0.2) is 30.3 Å². The zero-order valence-corrected chi connectivity index (χ0v) is 7.42. The van der Waals surface area contributed by atoms with E-state index in [0.717, 1.165) is 5.56 Å². The Morgan fingerprint density at radius 3 is 2.64 bits per heavy atom. The number of carbonyl (C=O) groups is 1. The second-order valence-corrected chi connectivity index (χ2v) is 3.04. The predicted molar refractivity (Wildman–Crippen MR) is 47.6 cm³/mol. The number of aliphatic carboxylic acids is 1. The maximum absolute atomic E-state index is 10.6. The Morgan fingerprint density at radius 2 is 2.07 bits per heavy atom. The first kappa shape index (κ1) is 9.18. The highest BCUT2D eigenvalue weighted by Gasteiger charge is 2.31. The number of carboxylic acid groups (broad SMARTS) is 1. The van der Waals surface area contributed by atoms with Crippen molar-refractivity contribution in [1.29, 1.82) is 0 Å². The molecule has 0 bridgehead atoms. The van der Waals surface area contributed by atoms with E-state index in [1.165, 1.54) is 0 Å². The second-order valence-electron chi connectivity index (χ2n) is 3.04. The molecule has 1 aromatic rings. The zero-order chi connectivity index (χ0) is 9.97. The van der Waals surface area contributed by atoms with Crippen LogP contribution in [-0.4, -0.2) is 23.8 Å². The van der Waals surface area contributed by atoms with Crippen molar-refractivity contribution in [1.82, 2.24) is 0 Å². The van der Waals surface area contributed by atoms with Crippen molar-refractivity contribution in [3.05, 3.63) is 35.9 Å². The Hall–Kier alpha value is -1.39. The van der Waals surface area contributed by atoms with E-state index >= 15 is 0 Å². The summed E-state index contributed by atoms with van der Waals surface area (Å²) in [6, 6.07) is 9.28. The van der Waals surface area contributed by atoms with Crippen LogP contribution in [0.2, 0.25) is 0 Å². The van der Waals surface area contributed by atoms with Crippen LogP contribution in [0.4, 0.5) is 0 Å². The molecule has 1 heterocycles. The molecule has 14 heavy (non-hydrogen) atoms. The molecule has 1 saturated heterocycles. The van der Waals surface area contributed by atoms with Crippen molar-refractivity contribution in [2.75, 3.05) is 6.61 Å². The maximum atomic E-state index is 10.6. The van der Waals surface area contributed by atoms with Gasteiger partial charge in [-0.15, -0.1) is 0 Å². The Bertz CT molecular complexity index is 322. The molecule has 1 fully saturated rings. The minimum Gasteiger partial charge on any atom is -0.479 e. The minimum atomic E-state index is -0.983. The van der Waals surface area contributed by atoms with Crippen molar-refractivity contribution in [2.24, 2.45) is 0 Å². The lowest BCUT2D eigenvalue weighted by atomic mass is 10.2. The third kappa shape index (κ3) is 1.76.